The van der Waals surface area contributed by atoms with Gasteiger partial charge in [-0.15, -0.1) is 11.3 Å². The molecular formula is C10H16N2OS. The van der Waals surface area contributed by atoms with E-state index in [-0.39, 0.29) is 5.54 Å². The first-order chi connectivity index (χ1) is 6.79. The molecule has 2 heterocycles. The lowest BCUT2D eigenvalue weighted by atomic mass is 9.95. The van der Waals surface area contributed by atoms with Crippen molar-refractivity contribution in [1.82, 2.24) is 10.3 Å². The van der Waals surface area contributed by atoms with E-state index in [2.05, 4.69) is 17.2 Å². The molecule has 1 atom stereocenters. The highest BCUT2D eigenvalue weighted by molar-refractivity contribution is 7.09. The van der Waals surface area contributed by atoms with Gasteiger partial charge in [-0.25, -0.2) is 0 Å². The van der Waals surface area contributed by atoms with Crippen LogP contribution < -0.4 is 5.32 Å². The van der Waals surface area contributed by atoms with E-state index in [4.69, 9.17) is 4.74 Å². The summed E-state index contributed by atoms with van der Waals surface area (Å²) < 4.78 is 5.48. The highest BCUT2D eigenvalue weighted by Gasteiger charge is 2.26. The van der Waals surface area contributed by atoms with Crippen molar-refractivity contribution in [3.8, 4) is 0 Å². The quantitative estimate of drug-likeness (QED) is 0.829. The number of nitrogens with one attached hydrogen (secondary N) is 1. The Morgan fingerprint density at radius 3 is 3.29 bits per heavy atom. The Labute approximate surface area is 88.5 Å². The molecule has 0 spiro atoms. The summed E-state index contributed by atoms with van der Waals surface area (Å²) in [6.45, 7) is 4.88. The molecule has 1 aromatic heterocycles. The number of aromatic nitrogens is 1. The summed E-state index contributed by atoms with van der Waals surface area (Å²) in [5.74, 6) is 0. The molecule has 14 heavy (non-hydrogen) atoms. The average molecular weight is 212 g/mol. The van der Waals surface area contributed by atoms with Crippen LogP contribution in [0.3, 0.4) is 0 Å². The van der Waals surface area contributed by atoms with Gasteiger partial charge in [0.25, 0.3) is 0 Å². The topological polar surface area (TPSA) is 34.2 Å². The van der Waals surface area contributed by atoms with Gasteiger partial charge in [-0.2, -0.15) is 0 Å². The maximum absolute atomic E-state index is 5.48. The third-order valence-corrected chi connectivity index (χ3v) is 3.39. The molecular weight excluding hydrogens is 196 g/mol. The second-order valence-corrected chi connectivity index (χ2v) is 5.01. The predicted octanol–water partition coefficient (Wildman–Crippen LogP) is 1.80. The number of hydrogen-bond donors (Lipinski definition) is 1. The lowest BCUT2D eigenvalue weighted by Crippen LogP contribution is -2.48. The molecule has 3 nitrogen and oxygen atoms in total. The van der Waals surface area contributed by atoms with Crippen LogP contribution in [-0.2, 0) is 11.3 Å². The van der Waals surface area contributed by atoms with Gasteiger partial charge in [0.1, 0.15) is 0 Å². The summed E-state index contributed by atoms with van der Waals surface area (Å²) in [5.41, 5.74) is 2.03. The molecule has 4 heteroatoms. The normalized spacial score (nSPS) is 27.8. The van der Waals surface area contributed by atoms with Crippen LogP contribution >= 0.6 is 11.3 Å². The van der Waals surface area contributed by atoms with E-state index in [9.17, 15) is 0 Å². The van der Waals surface area contributed by atoms with Gasteiger partial charge in [0.15, 0.2) is 0 Å². The Kier molecular flexibility index (Phi) is 3.15. The van der Waals surface area contributed by atoms with Gasteiger partial charge in [-0.1, -0.05) is 0 Å². The second-order valence-electron chi connectivity index (χ2n) is 4.04. The Morgan fingerprint density at radius 1 is 1.71 bits per heavy atom. The smallest absolute Gasteiger partial charge is 0.0794 e. The molecule has 1 fully saturated rings. The van der Waals surface area contributed by atoms with Crippen molar-refractivity contribution in [3.63, 3.8) is 0 Å². The van der Waals surface area contributed by atoms with E-state index in [1.165, 1.54) is 11.3 Å². The molecule has 0 bridgehead atoms. The molecule has 0 saturated carbocycles. The first-order valence-corrected chi connectivity index (χ1v) is 5.87. The fourth-order valence-corrected chi connectivity index (χ4v) is 2.24. The summed E-state index contributed by atoms with van der Waals surface area (Å²) in [4.78, 5) is 5.34. The van der Waals surface area contributed by atoms with Crippen LogP contribution in [0.5, 0.6) is 0 Å². The van der Waals surface area contributed by atoms with Gasteiger partial charge >= 0.3 is 0 Å². The van der Waals surface area contributed by atoms with Crippen molar-refractivity contribution in [2.24, 2.45) is 0 Å². The van der Waals surface area contributed by atoms with E-state index >= 15 is 0 Å². The molecule has 1 aliphatic rings. The maximum atomic E-state index is 5.48. The van der Waals surface area contributed by atoms with Gasteiger partial charge < -0.3 is 10.1 Å². The summed E-state index contributed by atoms with van der Waals surface area (Å²) >= 11 is 1.70. The standard InChI is InChI=1S/C10H16N2OS/c1-10(3-2-4-13-7-10)12-6-9-5-11-8-14-9/h5,8,12H,2-4,6-7H2,1H3. The molecule has 1 unspecified atom stereocenters. The monoisotopic (exact) mass is 212 g/mol. The van der Waals surface area contributed by atoms with Crippen LogP contribution in [-0.4, -0.2) is 23.7 Å². The molecule has 0 amide bonds. The molecule has 2 rings (SSSR count). The van der Waals surface area contributed by atoms with Gasteiger partial charge in [-0.3, -0.25) is 4.98 Å². The Balaban J connectivity index is 1.84. The van der Waals surface area contributed by atoms with Crippen LogP contribution in [0.15, 0.2) is 11.7 Å². The molecule has 1 N–H and O–H groups in total. The van der Waals surface area contributed by atoms with Crippen LogP contribution in [0.2, 0.25) is 0 Å². The van der Waals surface area contributed by atoms with Crippen molar-refractivity contribution >= 4 is 11.3 Å². The zero-order valence-corrected chi connectivity index (χ0v) is 9.27. The first-order valence-electron chi connectivity index (χ1n) is 4.99. The number of nitrogens with zero attached hydrogens (tertiary/aromatic N) is 1. The molecule has 0 aromatic carbocycles. The van der Waals surface area contributed by atoms with Crippen molar-refractivity contribution in [2.45, 2.75) is 31.8 Å². The predicted molar refractivity (Wildman–Crippen MR) is 57.4 cm³/mol. The molecule has 78 valence electrons. The van der Waals surface area contributed by atoms with Crippen molar-refractivity contribution in [3.05, 3.63) is 16.6 Å². The molecule has 0 aliphatic carbocycles. The minimum absolute atomic E-state index is 0.155. The molecule has 1 saturated heterocycles. The third-order valence-electron chi connectivity index (χ3n) is 2.61. The molecule has 0 radical (unpaired) electrons. The number of ether oxygens (including phenoxy) is 1. The van der Waals surface area contributed by atoms with E-state index in [1.807, 2.05) is 11.7 Å². The van der Waals surface area contributed by atoms with Gasteiger partial charge in [-0.05, 0) is 19.8 Å². The highest BCUT2D eigenvalue weighted by atomic mass is 32.1. The zero-order chi connectivity index (χ0) is 9.86. The van der Waals surface area contributed by atoms with Crippen molar-refractivity contribution in [1.29, 1.82) is 0 Å². The second kappa shape index (κ2) is 4.38. The van der Waals surface area contributed by atoms with Gasteiger partial charge in [0.05, 0.1) is 12.1 Å². The Hall–Kier alpha value is -0.450. The van der Waals surface area contributed by atoms with Crippen molar-refractivity contribution in [2.75, 3.05) is 13.2 Å². The summed E-state index contributed by atoms with van der Waals surface area (Å²) in [5, 5.41) is 3.55. The SMILES string of the molecule is CC1(NCc2cncs2)CCCOC1. The number of thiazole rings is 1. The van der Waals surface area contributed by atoms with Gasteiger partial charge in [0.2, 0.25) is 0 Å². The van der Waals surface area contributed by atoms with E-state index < -0.39 is 0 Å². The minimum atomic E-state index is 0.155. The fourth-order valence-electron chi connectivity index (χ4n) is 1.70. The highest BCUT2D eigenvalue weighted by Crippen LogP contribution is 2.19. The first kappa shape index (κ1) is 10.1. The van der Waals surface area contributed by atoms with Crippen molar-refractivity contribution < 1.29 is 4.74 Å². The summed E-state index contributed by atoms with van der Waals surface area (Å²) in [7, 11) is 0. The number of hydrogen-bond acceptors (Lipinski definition) is 4. The van der Waals surface area contributed by atoms with Crippen LogP contribution in [0.25, 0.3) is 0 Å². The lowest BCUT2D eigenvalue weighted by molar-refractivity contribution is 0.0279. The Morgan fingerprint density at radius 2 is 2.64 bits per heavy atom. The lowest BCUT2D eigenvalue weighted by Gasteiger charge is -2.34. The summed E-state index contributed by atoms with van der Waals surface area (Å²) in [6.07, 6.45) is 4.28. The van der Waals surface area contributed by atoms with Crippen LogP contribution in [0.1, 0.15) is 24.6 Å². The largest absolute Gasteiger partial charge is 0.380 e. The zero-order valence-electron chi connectivity index (χ0n) is 8.45. The van der Waals surface area contributed by atoms with Crippen LogP contribution in [0.4, 0.5) is 0 Å². The average Bonchev–Trinajstić information content (AvgIpc) is 2.69. The third kappa shape index (κ3) is 2.53. The molecule has 1 aliphatic heterocycles. The van der Waals surface area contributed by atoms with E-state index in [1.54, 1.807) is 11.3 Å². The van der Waals surface area contributed by atoms with E-state index in [0.29, 0.717) is 0 Å². The Bertz CT molecular complexity index is 268. The van der Waals surface area contributed by atoms with E-state index in [0.717, 1.165) is 26.2 Å². The minimum Gasteiger partial charge on any atom is -0.380 e. The fraction of sp³-hybridized carbons (Fsp3) is 0.700. The summed E-state index contributed by atoms with van der Waals surface area (Å²) in [6, 6.07) is 0. The molecule has 1 aromatic rings. The maximum Gasteiger partial charge on any atom is 0.0794 e. The number of rotatable bonds is 3. The van der Waals surface area contributed by atoms with Gasteiger partial charge in [0, 0.05) is 29.8 Å². The van der Waals surface area contributed by atoms with Crippen LogP contribution in [0, 0.1) is 0 Å².